The van der Waals surface area contributed by atoms with E-state index in [-0.39, 0.29) is 10.6 Å². The maximum absolute atomic E-state index is 11.0. The summed E-state index contributed by atoms with van der Waals surface area (Å²) in [5.74, 6) is 0. The van der Waals surface area contributed by atoms with E-state index in [1.54, 1.807) is 0 Å². The molecule has 0 atom stereocenters. The molecule has 0 aliphatic heterocycles. The predicted octanol–water partition coefficient (Wildman–Crippen LogP) is 4.84. The van der Waals surface area contributed by atoms with Crippen molar-refractivity contribution in [3.63, 3.8) is 0 Å². The molecule has 0 amide bonds. The van der Waals surface area contributed by atoms with Crippen LogP contribution in [0.15, 0.2) is 40.9 Å². The van der Waals surface area contributed by atoms with Crippen molar-refractivity contribution in [2.45, 2.75) is 13.8 Å². The molecule has 0 aliphatic rings. The molecule has 0 aliphatic carbocycles. The highest BCUT2D eigenvalue weighted by molar-refractivity contribution is 9.10. The van der Waals surface area contributed by atoms with Gasteiger partial charge >= 0.3 is 0 Å². The van der Waals surface area contributed by atoms with E-state index in [4.69, 9.17) is 0 Å². The number of rotatable bonds is 5. The lowest BCUT2D eigenvalue weighted by Crippen LogP contribution is -2.00. The number of nitrogens with zero attached hydrogens (tertiary/aromatic N) is 1. The highest BCUT2D eigenvalue weighted by atomic mass is 79.9. The Labute approximate surface area is 131 Å². The SMILES string of the molecule is CCNc1cc(Nc2ccc(Br)cc2C)cc([N+](=O)[O-])c1. The molecule has 6 heteroatoms. The van der Waals surface area contributed by atoms with Gasteiger partial charge in [-0.2, -0.15) is 0 Å². The van der Waals surface area contributed by atoms with Gasteiger partial charge in [0.05, 0.1) is 4.92 Å². The van der Waals surface area contributed by atoms with Gasteiger partial charge in [0.2, 0.25) is 0 Å². The third-order valence-electron chi connectivity index (χ3n) is 2.98. The van der Waals surface area contributed by atoms with E-state index in [1.807, 2.05) is 38.1 Å². The van der Waals surface area contributed by atoms with Gasteiger partial charge in [-0.3, -0.25) is 10.1 Å². The van der Waals surface area contributed by atoms with Gasteiger partial charge in [-0.25, -0.2) is 0 Å². The first-order chi connectivity index (χ1) is 9.99. The minimum Gasteiger partial charge on any atom is -0.385 e. The van der Waals surface area contributed by atoms with Crippen molar-refractivity contribution in [1.29, 1.82) is 0 Å². The number of anilines is 3. The Morgan fingerprint density at radius 3 is 2.52 bits per heavy atom. The van der Waals surface area contributed by atoms with Crippen molar-refractivity contribution in [2.24, 2.45) is 0 Å². The molecule has 0 saturated heterocycles. The average molecular weight is 350 g/mol. The lowest BCUT2D eigenvalue weighted by molar-refractivity contribution is -0.384. The Morgan fingerprint density at radius 1 is 1.19 bits per heavy atom. The monoisotopic (exact) mass is 349 g/mol. The van der Waals surface area contributed by atoms with Crippen LogP contribution in [0.1, 0.15) is 12.5 Å². The van der Waals surface area contributed by atoms with Crippen LogP contribution < -0.4 is 10.6 Å². The zero-order valence-corrected chi connectivity index (χ0v) is 13.4. The highest BCUT2D eigenvalue weighted by Crippen LogP contribution is 2.29. The fraction of sp³-hybridized carbons (Fsp3) is 0.200. The van der Waals surface area contributed by atoms with Crippen LogP contribution in [0.2, 0.25) is 0 Å². The number of non-ortho nitro benzene ring substituents is 1. The maximum Gasteiger partial charge on any atom is 0.273 e. The van der Waals surface area contributed by atoms with Crippen molar-refractivity contribution in [2.75, 3.05) is 17.2 Å². The Kier molecular flexibility index (Phi) is 4.80. The fourth-order valence-electron chi connectivity index (χ4n) is 2.02. The molecule has 0 saturated carbocycles. The topological polar surface area (TPSA) is 67.2 Å². The van der Waals surface area contributed by atoms with Crippen LogP contribution in [0.5, 0.6) is 0 Å². The second-order valence-corrected chi connectivity index (χ2v) is 5.56. The van der Waals surface area contributed by atoms with Gasteiger partial charge in [0.25, 0.3) is 5.69 Å². The first-order valence-electron chi connectivity index (χ1n) is 6.56. The molecule has 0 spiro atoms. The first-order valence-corrected chi connectivity index (χ1v) is 7.35. The summed E-state index contributed by atoms with van der Waals surface area (Å²) >= 11 is 3.42. The summed E-state index contributed by atoms with van der Waals surface area (Å²) in [5.41, 5.74) is 3.45. The van der Waals surface area contributed by atoms with Gasteiger partial charge < -0.3 is 10.6 Å². The molecular formula is C15H16BrN3O2. The van der Waals surface area contributed by atoms with E-state index in [1.165, 1.54) is 12.1 Å². The van der Waals surface area contributed by atoms with Crippen LogP contribution in [-0.4, -0.2) is 11.5 Å². The third-order valence-corrected chi connectivity index (χ3v) is 3.47. The minimum atomic E-state index is -0.388. The van der Waals surface area contributed by atoms with Crippen LogP contribution in [-0.2, 0) is 0 Å². The number of hydrogen-bond acceptors (Lipinski definition) is 4. The maximum atomic E-state index is 11.0. The van der Waals surface area contributed by atoms with Crippen molar-refractivity contribution >= 4 is 38.7 Å². The average Bonchev–Trinajstić information content (AvgIpc) is 2.42. The molecule has 110 valence electrons. The molecule has 0 bridgehead atoms. The summed E-state index contributed by atoms with van der Waals surface area (Å²) in [6, 6.07) is 10.8. The van der Waals surface area contributed by atoms with Crippen LogP contribution in [0.3, 0.4) is 0 Å². The Balaban J connectivity index is 2.36. The van der Waals surface area contributed by atoms with Crippen LogP contribution in [0.4, 0.5) is 22.7 Å². The van der Waals surface area contributed by atoms with Crippen molar-refractivity contribution in [3.8, 4) is 0 Å². The summed E-state index contributed by atoms with van der Waals surface area (Å²) in [6.07, 6.45) is 0. The van der Waals surface area contributed by atoms with Crippen LogP contribution in [0, 0.1) is 17.0 Å². The lowest BCUT2D eigenvalue weighted by atomic mass is 10.2. The quantitative estimate of drug-likeness (QED) is 0.598. The van der Waals surface area contributed by atoms with Crippen molar-refractivity contribution in [3.05, 3.63) is 56.5 Å². The van der Waals surface area contributed by atoms with Gasteiger partial charge in [-0.15, -0.1) is 0 Å². The minimum absolute atomic E-state index is 0.0608. The molecular weight excluding hydrogens is 334 g/mol. The number of halogens is 1. The lowest BCUT2D eigenvalue weighted by Gasteiger charge is -2.12. The van der Waals surface area contributed by atoms with Gasteiger partial charge in [0, 0.05) is 40.2 Å². The molecule has 0 unspecified atom stereocenters. The molecule has 2 aromatic rings. The molecule has 2 rings (SSSR count). The second kappa shape index (κ2) is 6.58. The summed E-state index contributed by atoms with van der Waals surface area (Å²) in [4.78, 5) is 10.6. The molecule has 0 aromatic heterocycles. The smallest absolute Gasteiger partial charge is 0.273 e. The summed E-state index contributed by atoms with van der Waals surface area (Å²) in [7, 11) is 0. The number of hydrogen-bond donors (Lipinski definition) is 2. The highest BCUT2D eigenvalue weighted by Gasteiger charge is 2.10. The van der Waals surface area contributed by atoms with Gasteiger partial charge in [-0.05, 0) is 43.7 Å². The molecule has 0 heterocycles. The van der Waals surface area contributed by atoms with E-state index in [0.717, 1.165) is 21.4 Å². The molecule has 0 fully saturated rings. The van der Waals surface area contributed by atoms with E-state index in [9.17, 15) is 10.1 Å². The fourth-order valence-corrected chi connectivity index (χ4v) is 2.49. The van der Waals surface area contributed by atoms with Crippen LogP contribution in [0.25, 0.3) is 0 Å². The number of aryl methyl sites for hydroxylation is 1. The number of benzene rings is 2. The van der Waals surface area contributed by atoms with Crippen LogP contribution >= 0.6 is 15.9 Å². The molecule has 2 aromatic carbocycles. The normalized spacial score (nSPS) is 10.2. The number of nitro benzene ring substituents is 1. The Bertz CT molecular complexity index is 674. The zero-order valence-electron chi connectivity index (χ0n) is 11.8. The first kappa shape index (κ1) is 15.3. The van der Waals surface area contributed by atoms with E-state index >= 15 is 0 Å². The second-order valence-electron chi connectivity index (χ2n) is 4.64. The van der Waals surface area contributed by atoms with Crippen molar-refractivity contribution in [1.82, 2.24) is 0 Å². The molecule has 2 N–H and O–H groups in total. The predicted molar refractivity (Wildman–Crippen MR) is 89.4 cm³/mol. The Morgan fingerprint density at radius 2 is 1.90 bits per heavy atom. The summed E-state index contributed by atoms with van der Waals surface area (Å²) < 4.78 is 0.998. The standard InChI is InChI=1S/C15H16BrN3O2/c1-3-17-12-7-13(9-14(8-12)19(20)21)18-15-5-4-11(16)6-10(15)2/h4-9,17-18H,3H2,1-2H3. The molecule has 5 nitrogen and oxygen atoms in total. The van der Waals surface area contributed by atoms with Gasteiger partial charge in [0.1, 0.15) is 0 Å². The van der Waals surface area contributed by atoms with Gasteiger partial charge in [0.15, 0.2) is 0 Å². The van der Waals surface area contributed by atoms with Gasteiger partial charge in [-0.1, -0.05) is 15.9 Å². The Hall–Kier alpha value is -2.08. The summed E-state index contributed by atoms with van der Waals surface area (Å²) in [6.45, 7) is 4.64. The van der Waals surface area contributed by atoms with E-state index < -0.39 is 0 Å². The number of nitro groups is 1. The van der Waals surface area contributed by atoms with Crippen molar-refractivity contribution < 1.29 is 4.92 Å². The molecule has 0 radical (unpaired) electrons. The van der Waals surface area contributed by atoms with E-state index in [0.29, 0.717) is 12.2 Å². The molecule has 21 heavy (non-hydrogen) atoms. The third kappa shape index (κ3) is 3.95. The number of nitrogens with one attached hydrogen (secondary N) is 2. The summed E-state index contributed by atoms with van der Waals surface area (Å²) in [5, 5.41) is 17.3. The van der Waals surface area contributed by atoms with E-state index in [2.05, 4.69) is 26.6 Å². The zero-order chi connectivity index (χ0) is 15.4. The largest absolute Gasteiger partial charge is 0.385 e.